The molecule has 1 spiro atoms. The molecule has 2 fully saturated rings. The normalized spacial score (nSPS) is 22.8. The molecule has 2 aliphatic heterocycles. The molecule has 0 aromatic carbocycles. The summed E-state index contributed by atoms with van der Waals surface area (Å²) in [4.78, 5) is 13.8. The fraction of sp³-hybridized carbons (Fsp3) is 0.833. The predicted molar refractivity (Wildman–Crippen MR) is 90.8 cm³/mol. The summed E-state index contributed by atoms with van der Waals surface area (Å²) in [6.07, 6.45) is 0.174. The molecule has 0 saturated carbocycles. The van der Waals surface area contributed by atoms with Crippen LogP contribution < -0.4 is 0 Å². The number of nitrogens with zero attached hydrogens (tertiary/aromatic N) is 1. The second kappa shape index (κ2) is 7.42. The van der Waals surface area contributed by atoms with Gasteiger partial charge in [-0.15, -0.1) is 0 Å². The monoisotopic (exact) mass is 341 g/mol. The van der Waals surface area contributed by atoms with E-state index in [1.165, 1.54) is 0 Å². The number of ether oxygens (including phenoxy) is 4. The molecule has 2 heterocycles. The second-order valence-electron chi connectivity index (χ2n) is 7.55. The highest BCUT2D eigenvalue weighted by molar-refractivity contribution is 5.69. The predicted octanol–water partition coefficient (Wildman–Crippen LogP) is 2.97. The Balaban J connectivity index is 1.85. The average molecular weight is 341 g/mol. The molecule has 0 bridgehead atoms. The number of hydrogen-bond donors (Lipinski definition) is 0. The van der Waals surface area contributed by atoms with E-state index in [1.54, 1.807) is 4.90 Å². The first-order valence-corrected chi connectivity index (χ1v) is 8.73. The number of rotatable bonds is 6. The van der Waals surface area contributed by atoms with Crippen molar-refractivity contribution in [3.63, 3.8) is 0 Å². The van der Waals surface area contributed by atoms with Gasteiger partial charge in [-0.05, 0) is 46.6 Å². The molecule has 138 valence electrons. The van der Waals surface area contributed by atoms with Gasteiger partial charge in [-0.1, -0.05) is 6.58 Å². The van der Waals surface area contributed by atoms with Crippen LogP contribution in [0.25, 0.3) is 0 Å². The lowest BCUT2D eigenvalue weighted by Crippen LogP contribution is -2.63. The first kappa shape index (κ1) is 19.2. The molecule has 0 aromatic rings. The third-order valence-electron chi connectivity index (χ3n) is 4.28. The van der Waals surface area contributed by atoms with Gasteiger partial charge in [0.15, 0.2) is 6.29 Å². The van der Waals surface area contributed by atoms with E-state index in [0.29, 0.717) is 32.9 Å². The fourth-order valence-corrected chi connectivity index (χ4v) is 3.17. The fourth-order valence-electron chi connectivity index (χ4n) is 3.17. The van der Waals surface area contributed by atoms with Crippen LogP contribution >= 0.6 is 0 Å². The minimum atomic E-state index is -0.477. The minimum absolute atomic E-state index is 0.189. The van der Waals surface area contributed by atoms with Crippen LogP contribution in [0.3, 0.4) is 0 Å². The lowest BCUT2D eigenvalue weighted by Gasteiger charge is -2.47. The Morgan fingerprint density at radius 1 is 1.29 bits per heavy atom. The lowest BCUT2D eigenvalue weighted by molar-refractivity contribution is -0.116. The van der Waals surface area contributed by atoms with Crippen LogP contribution in [0.15, 0.2) is 12.2 Å². The largest absolute Gasteiger partial charge is 0.444 e. The maximum absolute atomic E-state index is 12.1. The van der Waals surface area contributed by atoms with Crippen molar-refractivity contribution in [3.8, 4) is 0 Å². The van der Waals surface area contributed by atoms with E-state index < -0.39 is 5.60 Å². The molecule has 1 unspecified atom stereocenters. The van der Waals surface area contributed by atoms with Crippen LogP contribution in [0.2, 0.25) is 0 Å². The highest BCUT2D eigenvalue weighted by Gasteiger charge is 2.53. The zero-order chi connectivity index (χ0) is 18.0. The van der Waals surface area contributed by atoms with Crippen LogP contribution in [0.4, 0.5) is 4.79 Å². The standard InChI is InChI=1S/C18H31NO5/c1-7-21-15(22-8-2)13(3)14-9-18(23-10-14)11-19(12-18)16(20)24-17(4,5)6/h14-15H,3,7-12H2,1-2,4-6H3. The van der Waals surface area contributed by atoms with E-state index in [2.05, 4.69) is 6.58 Å². The Labute approximate surface area is 145 Å². The SMILES string of the molecule is C=C(C1COC2(C1)CN(C(=O)OC(C)(C)C)C2)C(OCC)OCC. The Bertz CT molecular complexity index is 459. The molecule has 1 amide bonds. The van der Waals surface area contributed by atoms with Gasteiger partial charge in [-0.2, -0.15) is 0 Å². The van der Waals surface area contributed by atoms with Gasteiger partial charge >= 0.3 is 6.09 Å². The molecule has 6 nitrogen and oxygen atoms in total. The summed E-state index contributed by atoms with van der Waals surface area (Å²) in [5.41, 5.74) is 0.175. The van der Waals surface area contributed by atoms with Crippen molar-refractivity contribution < 1.29 is 23.7 Å². The molecular weight excluding hydrogens is 310 g/mol. The molecule has 1 atom stereocenters. The molecular formula is C18H31NO5. The van der Waals surface area contributed by atoms with Gasteiger partial charge in [0.1, 0.15) is 11.2 Å². The summed E-state index contributed by atoms with van der Waals surface area (Å²) in [5, 5.41) is 0. The zero-order valence-electron chi connectivity index (χ0n) is 15.6. The van der Waals surface area contributed by atoms with Crippen LogP contribution in [-0.4, -0.2) is 61.4 Å². The molecule has 2 aliphatic rings. The summed E-state index contributed by atoms with van der Waals surface area (Å²) in [5.74, 6) is 0.189. The highest BCUT2D eigenvalue weighted by atomic mass is 16.7. The summed E-state index contributed by atoms with van der Waals surface area (Å²) < 4.78 is 22.7. The van der Waals surface area contributed by atoms with Crippen molar-refractivity contribution in [1.82, 2.24) is 4.90 Å². The Morgan fingerprint density at radius 3 is 2.38 bits per heavy atom. The molecule has 0 aliphatic carbocycles. The van der Waals surface area contributed by atoms with Crippen molar-refractivity contribution in [3.05, 3.63) is 12.2 Å². The number of hydrogen-bond acceptors (Lipinski definition) is 5. The molecule has 0 N–H and O–H groups in total. The van der Waals surface area contributed by atoms with Crippen molar-refractivity contribution in [2.45, 2.75) is 58.5 Å². The van der Waals surface area contributed by atoms with Gasteiger partial charge < -0.3 is 23.8 Å². The van der Waals surface area contributed by atoms with Crippen LogP contribution in [0.5, 0.6) is 0 Å². The molecule has 2 saturated heterocycles. The van der Waals surface area contributed by atoms with Gasteiger partial charge in [0.2, 0.25) is 0 Å². The third kappa shape index (κ3) is 4.49. The summed E-state index contributed by atoms with van der Waals surface area (Å²) in [7, 11) is 0. The molecule has 6 heteroatoms. The minimum Gasteiger partial charge on any atom is -0.444 e. The lowest BCUT2D eigenvalue weighted by atomic mass is 9.84. The van der Waals surface area contributed by atoms with Gasteiger partial charge in [-0.3, -0.25) is 0 Å². The third-order valence-corrected chi connectivity index (χ3v) is 4.28. The smallest absolute Gasteiger partial charge is 0.410 e. The van der Waals surface area contributed by atoms with Crippen molar-refractivity contribution in [2.75, 3.05) is 32.9 Å². The first-order valence-electron chi connectivity index (χ1n) is 8.73. The van der Waals surface area contributed by atoms with Gasteiger partial charge in [0.05, 0.1) is 19.7 Å². The van der Waals surface area contributed by atoms with Crippen molar-refractivity contribution in [2.24, 2.45) is 5.92 Å². The number of likely N-dealkylation sites (tertiary alicyclic amines) is 1. The maximum Gasteiger partial charge on any atom is 0.410 e. The summed E-state index contributed by atoms with van der Waals surface area (Å²) >= 11 is 0. The molecule has 2 rings (SSSR count). The second-order valence-corrected chi connectivity index (χ2v) is 7.55. The van der Waals surface area contributed by atoms with E-state index in [9.17, 15) is 4.79 Å². The van der Waals surface area contributed by atoms with Crippen LogP contribution in [-0.2, 0) is 18.9 Å². The topological polar surface area (TPSA) is 57.2 Å². The van der Waals surface area contributed by atoms with Crippen LogP contribution in [0.1, 0.15) is 41.0 Å². The maximum atomic E-state index is 12.1. The molecule has 0 aromatic heterocycles. The summed E-state index contributed by atoms with van der Waals surface area (Å²) in [6.45, 7) is 16.5. The molecule has 24 heavy (non-hydrogen) atoms. The Morgan fingerprint density at radius 2 is 1.88 bits per heavy atom. The quantitative estimate of drug-likeness (QED) is 0.549. The van der Waals surface area contributed by atoms with Gasteiger partial charge in [0, 0.05) is 19.1 Å². The van der Waals surface area contributed by atoms with Crippen molar-refractivity contribution in [1.29, 1.82) is 0 Å². The van der Waals surface area contributed by atoms with E-state index in [1.807, 2.05) is 34.6 Å². The van der Waals surface area contributed by atoms with E-state index in [0.717, 1.165) is 12.0 Å². The number of amides is 1. The number of carbonyl (C=O) groups is 1. The van der Waals surface area contributed by atoms with Crippen LogP contribution in [0, 0.1) is 5.92 Å². The zero-order valence-corrected chi connectivity index (χ0v) is 15.6. The first-order chi connectivity index (χ1) is 11.2. The van der Waals surface area contributed by atoms with E-state index >= 15 is 0 Å². The number of carbonyl (C=O) groups excluding carboxylic acids is 1. The molecule has 0 radical (unpaired) electrons. The van der Waals surface area contributed by atoms with Crippen molar-refractivity contribution >= 4 is 6.09 Å². The highest BCUT2D eigenvalue weighted by Crippen LogP contribution is 2.41. The Kier molecular flexibility index (Phi) is 5.94. The van der Waals surface area contributed by atoms with Gasteiger partial charge in [-0.25, -0.2) is 4.79 Å². The summed E-state index contributed by atoms with van der Waals surface area (Å²) in [6, 6.07) is 0. The Hall–Kier alpha value is -1.11. The van der Waals surface area contributed by atoms with E-state index in [4.69, 9.17) is 18.9 Å². The van der Waals surface area contributed by atoms with Gasteiger partial charge in [0.25, 0.3) is 0 Å². The van der Waals surface area contributed by atoms with E-state index in [-0.39, 0.29) is 23.9 Å². The average Bonchev–Trinajstić information content (AvgIpc) is 2.88.